The van der Waals surface area contributed by atoms with Crippen LogP contribution in [0, 0.1) is 5.92 Å². The van der Waals surface area contributed by atoms with Crippen molar-refractivity contribution in [3.63, 3.8) is 0 Å². The smallest absolute Gasteiger partial charge is 0.254 e. The molecular weight excluding hydrogens is 254 g/mol. The summed E-state index contributed by atoms with van der Waals surface area (Å²) in [6.45, 7) is 5.26. The van der Waals surface area contributed by atoms with Crippen LogP contribution in [0.3, 0.4) is 0 Å². The SMILES string of the molecule is CC(C)Cn1nnc(CN(C)C(=O)c2ccccc2)n1. The molecule has 1 aromatic carbocycles. The minimum Gasteiger partial charge on any atom is -0.334 e. The molecule has 0 aliphatic heterocycles. The number of aromatic nitrogens is 4. The highest BCUT2D eigenvalue weighted by Crippen LogP contribution is 2.05. The molecule has 1 heterocycles. The highest BCUT2D eigenvalue weighted by atomic mass is 16.2. The molecule has 0 atom stereocenters. The van der Waals surface area contributed by atoms with Crippen LogP contribution >= 0.6 is 0 Å². The van der Waals surface area contributed by atoms with Gasteiger partial charge < -0.3 is 4.90 Å². The van der Waals surface area contributed by atoms with Gasteiger partial charge >= 0.3 is 0 Å². The maximum atomic E-state index is 12.2. The van der Waals surface area contributed by atoms with Gasteiger partial charge in [0.05, 0.1) is 13.1 Å². The van der Waals surface area contributed by atoms with Crippen molar-refractivity contribution in [2.45, 2.75) is 26.9 Å². The predicted octanol–water partition coefficient (Wildman–Crippen LogP) is 1.60. The second-order valence-corrected chi connectivity index (χ2v) is 5.18. The van der Waals surface area contributed by atoms with Gasteiger partial charge in [-0.05, 0) is 23.3 Å². The topological polar surface area (TPSA) is 63.9 Å². The first kappa shape index (κ1) is 14.2. The monoisotopic (exact) mass is 273 g/mol. The normalized spacial score (nSPS) is 10.8. The highest BCUT2D eigenvalue weighted by molar-refractivity contribution is 5.93. The van der Waals surface area contributed by atoms with E-state index >= 15 is 0 Å². The predicted molar refractivity (Wildman–Crippen MR) is 74.9 cm³/mol. The van der Waals surface area contributed by atoms with Crippen molar-refractivity contribution in [2.75, 3.05) is 7.05 Å². The summed E-state index contributed by atoms with van der Waals surface area (Å²) in [6.07, 6.45) is 0. The zero-order chi connectivity index (χ0) is 14.5. The van der Waals surface area contributed by atoms with E-state index in [1.54, 1.807) is 28.9 Å². The molecule has 6 nitrogen and oxygen atoms in total. The van der Waals surface area contributed by atoms with Crippen LogP contribution in [0.25, 0.3) is 0 Å². The van der Waals surface area contributed by atoms with Crippen molar-refractivity contribution in [3.05, 3.63) is 41.7 Å². The zero-order valence-corrected chi connectivity index (χ0v) is 12.0. The van der Waals surface area contributed by atoms with Crippen LogP contribution < -0.4 is 0 Å². The first-order valence-corrected chi connectivity index (χ1v) is 6.63. The van der Waals surface area contributed by atoms with Gasteiger partial charge in [0, 0.05) is 12.6 Å². The van der Waals surface area contributed by atoms with Crippen molar-refractivity contribution in [3.8, 4) is 0 Å². The molecule has 1 aromatic heterocycles. The number of nitrogens with zero attached hydrogens (tertiary/aromatic N) is 5. The van der Waals surface area contributed by atoms with Gasteiger partial charge in [-0.2, -0.15) is 4.80 Å². The fraction of sp³-hybridized carbons (Fsp3) is 0.429. The molecule has 6 heteroatoms. The van der Waals surface area contributed by atoms with Gasteiger partial charge in [-0.1, -0.05) is 32.0 Å². The maximum absolute atomic E-state index is 12.2. The van der Waals surface area contributed by atoms with E-state index in [9.17, 15) is 4.79 Å². The first-order valence-electron chi connectivity index (χ1n) is 6.63. The van der Waals surface area contributed by atoms with Crippen LogP contribution in [0.15, 0.2) is 30.3 Å². The highest BCUT2D eigenvalue weighted by Gasteiger charge is 2.14. The van der Waals surface area contributed by atoms with E-state index in [1.807, 2.05) is 18.2 Å². The van der Waals surface area contributed by atoms with Crippen LogP contribution in [0.4, 0.5) is 0 Å². The van der Waals surface area contributed by atoms with Gasteiger partial charge in [0.15, 0.2) is 5.82 Å². The van der Waals surface area contributed by atoms with E-state index in [-0.39, 0.29) is 5.91 Å². The molecule has 2 aromatic rings. The minimum atomic E-state index is -0.0502. The second-order valence-electron chi connectivity index (χ2n) is 5.18. The van der Waals surface area contributed by atoms with Crippen LogP contribution in [0.5, 0.6) is 0 Å². The molecule has 0 saturated heterocycles. The Morgan fingerprint density at radius 2 is 2.00 bits per heavy atom. The molecule has 1 amide bonds. The van der Waals surface area contributed by atoms with Gasteiger partial charge in [0.1, 0.15) is 0 Å². The Morgan fingerprint density at radius 3 is 2.65 bits per heavy atom. The van der Waals surface area contributed by atoms with E-state index in [0.29, 0.717) is 23.9 Å². The van der Waals surface area contributed by atoms with Crippen LogP contribution in [-0.2, 0) is 13.1 Å². The Labute approximate surface area is 118 Å². The van der Waals surface area contributed by atoms with Gasteiger partial charge in [0.25, 0.3) is 5.91 Å². The Balaban J connectivity index is 1.99. The van der Waals surface area contributed by atoms with Gasteiger partial charge in [0.2, 0.25) is 0 Å². The van der Waals surface area contributed by atoms with Crippen molar-refractivity contribution >= 4 is 5.91 Å². The van der Waals surface area contributed by atoms with Crippen LogP contribution in [0.2, 0.25) is 0 Å². The Bertz CT molecular complexity index is 564. The summed E-state index contributed by atoms with van der Waals surface area (Å²) in [6, 6.07) is 9.16. The summed E-state index contributed by atoms with van der Waals surface area (Å²) >= 11 is 0. The largest absolute Gasteiger partial charge is 0.334 e. The molecule has 0 aliphatic rings. The van der Waals surface area contributed by atoms with Crippen LogP contribution in [-0.4, -0.2) is 38.1 Å². The molecule has 0 radical (unpaired) electrons. The summed E-state index contributed by atoms with van der Waals surface area (Å²) < 4.78 is 0. The number of rotatable bonds is 5. The van der Waals surface area contributed by atoms with Gasteiger partial charge in [-0.3, -0.25) is 4.79 Å². The van der Waals surface area contributed by atoms with E-state index in [4.69, 9.17) is 0 Å². The lowest BCUT2D eigenvalue weighted by Crippen LogP contribution is -2.26. The summed E-state index contributed by atoms with van der Waals surface area (Å²) in [5.74, 6) is 0.962. The Morgan fingerprint density at radius 1 is 1.30 bits per heavy atom. The average Bonchev–Trinajstić information content (AvgIpc) is 2.85. The second kappa shape index (κ2) is 6.27. The third-order valence-corrected chi connectivity index (χ3v) is 2.77. The quantitative estimate of drug-likeness (QED) is 0.830. The van der Waals surface area contributed by atoms with E-state index < -0.39 is 0 Å². The van der Waals surface area contributed by atoms with E-state index in [0.717, 1.165) is 6.54 Å². The molecule has 20 heavy (non-hydrogen) atoms. The van der Waals surface area contributed by atoms with Crippen molar-refractivity contribution in [1.29, 1.82) is 0 Å². The lowest BCUT2D eigenvalue weighted by molar-refractivity contribution is 0.0781. The van der Waals surface area contributed by atoms with Gasteiger partial charge in [-0.15, -0.1) is 10.2 Å². The standard InChI is InChI=1S/C14H19N5O/c1-11(2)9-19-16-13(15-17-19)10-18(3)14(20)12-7-5-4-6-8-12/h4-8,11H,9-10H2,1-3H3. The van der Waals surface area contributed by atoms with Crippen molar-refractivity contribution in [1.82, 2.24) is 25.1 Å². The summed E-state index contributed by atoms with van der Waals surface area (Å²) in [5.41, 5.74) is 0.657. The van der Waals surface area contributed by atoms with E-state index in [1.165, 1.54) is 0 Å². The summed E-state index contributed by atoms with van der Waals surface area (Å²) in [7, 11) is 1.73. The maximum Gasteiger partial charge on any atom is 0.254 e. The average molecular weight is 273 g/mol. The number of tetrazole rings is 1. The lowest BCUT2D eigenvalue weighted by atomic mass is 10.2. The summed E-state index contributed by atoms with van der Waals surface area (Å²) in [5, 5.41) is 12.2. The first-order chi connectivity index (χ1) is 9.56. The minimum absolute atomic E-state index is 0.0502. The Hall–Kier alpha value is -2.24. The number of amides is 1. The molecule has 0 spiro atoms. The Kier molecular flexibility index (Phi) is 4.45. The van der Waals surface area contributed by atoms with E-state index in [2.05, 4.69) is 29.3 Å². The number of benzene rings is 1. The lowest BCUT2D eigenvalue weighted by Gasteiger charge is -2.14. The fourth-order valence-corrected chi connectivity index (χ4v) is 1.83. The van der Waals surface area contributed by atoms with Gasteiger partial charge in [-0.25, -0.2) is 0 Å². The molecule has 106 valence electrons. The molecular formula is C14H19N5O. The summed E-state index contributed by atoms with van der Waals surface area (Å²) in [4.78, 5) is 15.3. The van der Waals surface area contributed by atoms with Crippen molar-refractivity contribution < 1.29 is 4.79 Å². The van der Waals surface area contributed by atoms with Crippen molar-refractivity contribution in [2.24, 2.45) is 5.92 Å². The molecule has 0 unspecified atom stereocenters. The molecule has 0 aliphatic carbocycles. The number of carbonyl (C=O) groups is 1. The van der Waals surface area contributed by atoms with Crippen LogP contribution in [0.1, 0.15) is 30.0 Å². The number of hydrogen-bond donors (Lipinski definition) is 0. The third kappa shape index (κ3) is 3.63. The zero-order valence-electron chi connectivity index (χ0n) is 12.0. The molecule has 0 bridgehead atoms. The fourth-order valence-electron chi connectivity index (χ4n) is 1.83. The number of hydrogen-bond acceptors (Lipinski definition) is 4. The number of carbonyl (C=O) groups excluding carboxylic acids is 1. The molecule has 0 N–H and O–H groups in total. The molecule has 0 fully saturated rings. The molecule has 0 saturated carbocycles. The third-order valence-electron chi connectivity index (χ3n) is 2.77. The molecule has 2 rings (SSSR count).